The van der Waals surface area contributed by atoms with Gasteiger partial charge < -0.3 is 18.4 Å². The number of methoxy groups -OCH3 is 2. The summed E-state index contributed by atoms with van der Waals surface area (Å²) in [5.41, 5.74) is 1.37. The van der Waals surface area contributed by atoms with E-state index in [1.807, 2.05) is 0 Å². The zero-order valence-electron chi connectivity index (χ0n) is 17.5. The Morgan fingerprint density at radius 3 is 2.59 bits per heavy atom. The third kappa shape index (κ3) is 4.21. The molecule has 0 unspecified atom stereocenters. The summed E-state index contributed by atoms with van der Waals surface area (Å²) in [6, 6.07) is 13.0. The third-order valence-electron chi connectivity index (χ3n) is 4.78. The topological polar surface area (TPSA) is 105 Å². The van der Waals surface area contributed by atoms with Gasteiger partial charge in [-0.15, -0.1) is 0 Å². The van der Waals surface area contributed by atoms with E-state index in [-0.39, 0.29) is 33.9 Å². The fraction of sp³-hybridized carbons (Fsp3) is 0.182. The number of rotatable bonds is 7. The van der Waals surface area contributed by atoms with Gasteiger partial charge in [0.05, 0.1) is 24.7 Å². The first-order valence-corrected chi connectivity index (χ1v) is 11.5. The molecule has 2 aromatic heterocycles. The number of aryl methyl sites for hydroxylation is 1. The van der Waals surface area contributed by atoms with Crippen LogP contribution in [0.5, 0.6) is 11.5 Å². The second-order valence-corrected chi connectivity index (χ2v) is 9.30. The molecule has 0 spiro atoms. The largest absolute Gasteiger partial charge is 0.493 e. The first-order chi connectivity index (χ1) is 15.3. The number of furan rings is 1. The quantitative estimate of drug-likeness (QED) is 0.370. The number of halogens is 1. The summed E-state index contributed by atoms with van der Waals surface area (Å²) in [6.45, 7) is 1.80. The zero-order chi connectivity index (χ0) is 22.9. The normalized spacial score (nSPS) is 11.5. The highest BCUT2D eigenvalue weighted by Gasteiger charge is 2.22. The van der Waals surface area contributed by atoms with Crippen LogP contribution in [-0.4, -0.2) is 32.8 Å². The highest BCUT2D eigenvalue weighted by Crippen LogP contribution is 2.37. The summed E-state index contributed by atoms with van der Waals surface area (Å²) >= 11 is 6.07. The van der Waals surface area contributed by atoms with Crippen LogP contribution in [0.2, 0.25) is 5.02 Å². The van der Waals surface area contributed by atoms with Crippen molar-refractivity contribution in [2.45, 2.75) is 17.6 Å². The molecule has 0 amide bonds. The molecule has 32 heavy (non-hydrogen) atoms. The number of hydrogen-bond donors (Lipinski definition) is 0. The molecule has 0 fully saturated rings. The van der Waals surface area contributed by atoms with Gasteiger partial charge in [-0.25, -0.2) is 8.42 Å². The van der Waals surface area contributed by atoms with Crippen molar-refractivity contribution in [1.29, 1.82) is 0 Å². The van der Waals surface area contributed by atoms with E-state index in [1.165, 1.54) is 26.4 Å². The lowest BCUT2D eigenvalue weighted by molar-refractivity contribution is 0.355. The van der Waals surface area contributed by atoms with Crippen LogP contribution in [0.4, 0.5) is 0 Å². The van der Waals surface area contributed by atoms with Crippen molar-refractivity contribution in [2.75, 3.05) is 14.2 Å². The summed E-state index contributed by atoms with van der Waals surface area (Å²) in [6.07, 6.45) is 0. The van der Waals surface area contributed by atoms with Gasteiger partial charge in [-0.3, -0.25) is 0 Å². The Bertz CT molecular complexity index is 1380. The predicted octanol–water partition coefficient (Wildman–Crippen LogP) is 4.95. The maximum Gasteiger partial charge on any atom is 0.293 e. The number of ether oxygens (including phenoxy) is 2. The Morgan fingerprint density at radius 1 is 1.06 bits per heavy atom. The third-order valence-corrected chi connectivity index (χ3v) is 6.82. The van der Waals surface area contributed by atoms with E-state index in [0.29, 0.717) is 22.1 Å². The van der Waals surface area contributed by atoms with E-state index in [0.717, 1.165) is 5.56 Å². The molecule has 0 saturated carbocycles. The smallest absolute Gasteiger partial charge is 0.293 e. The van der Waals surface area contributed by atoms with Gasteiger partial charge in [-0.1, -0.05) is 28.9 Å². The van der Waals surface area contributed by atoms with Crippen molar-refractivity contribution in [1.82, 2.24) is 10.1 Å². The van der Waals surface area contributed by atoms with Crippen LogP contribution in [0, 0.1) is 6.92 Å². The van der Waals surface area contributed by atoms with Crippen LogP contribution in [0.3, 0.4) is 0 Å². The van der Waals surface area contributed by atoms with E-state index in [4.69, 9.17) is 30.0 Å². The van der Waals surface area contributed by atoms with E-state index < -0.39 is 9.84 Å². The van der Waals surface area contributed by atoms with Crippen LogP contribution in [0.25, 0.3) is 23.0 Å². The van der Waals surface area contributed by atoms with Gasteiger partial charge in [0.2, 0.25) is 5.82 Å². The summed E-state index contributed by atoms with van der Waals surface area (Å²) in [5, 5.41) is 4.37. The zero-order valence-corrected chi connectivity index (χ0v) is 19.0. The Balaban J connectivity index is 1.59. The van der Waals surface area contributed by atoms with Gasteiger partial charge in [-0.05, 0) is 48.9 Å². The lowest BCUT2D eigenvalue weighted by Crippen LogP contribution is -2.04. The fourth-order valence-corrected chi connectivity index (χ4v) is 4.62. The Labute approximate surface area is 189 Å². The minimum Gasteiger partial charge on any atom is -0.493 e. The van der Waals surface area contributed by atoms with Crippen molar-refractivity contribution in [3.63, 3.8) is 0 Å². The second-order valence-electron chi connectivity index (χ2n) is 6.90. The molecule has 2 aromatic carbocycles. The molecule has 4 aromatic rings. The molecule has 0 N–H and O–H groups in total. The Kier molecular flexibility index (Phi) is 5.94. The van der Waals surface area contributed by atoms with Crippen LogP contribution in [-0.2, 0) is 15.6 Å². The molecular weight excluding hydrogens is 456 g/mol. The van der Waals surface area contributed by atoms with Crippen LogP contribution in [0.1, 0.15) is 11.3 Å². The molecule has 0 aliphatic heterocycles. The van der Waals surface area contributed by atoms with Crippen LogP contribution >= 0.6 is 11.6 Å². The number of nitrogens with zero attached hydrogens (tertiary/aromatic N) is 2. The maximum atomic E-state index is 12.7. The van der Waals surface area contributed by atoms with Gasteiger partial charge in [-0.2, -0.15) is 4.98 Å². The first kappa shape index (κ1) is 21.9. The van der Waals surface area contributed by atoms with Crippen molar-refractivity contribution in [3.8, 4) is 34.5 Å². The summed E-state index contributed by atoms with van der Waals surface area (Å²) in [7, 11) is -0.601. The summed E-state index contributed by atoms with van der Waals surface area (Å²) < 4.78 is 47.2. The van der Waals surface area contributed by atoms with E-state index in [2.05, 4.69) is 10.1 Å². The summed E-state index contributed by atoms with van der Waals surface area (Å²) in [4.78, 5) is 4.47. The number of aromatic nitrogens is 2. The standard InChI is InChI=1S/C22H19ClN2O6S/c1-13-7-9-15(11-17(13)23)32(26,27)12-14-8-10-19(30-14)22-24-21(25-31-22)16-5-4-6-18(28-2)20(16)29-3/h4-11H,12H2,1-3H3. The van der Waals surface area contributed by atoms with Crippen LogP contribution in [0.15, 0.2) is 62.4 Å². The minimum atomic E-state index is -3.65. The molecule has 0 saturated heterocycles. The number of para-hydroxylation sites is 1. The molecular formula is C22H19ClN2O6S. The molecule has 0 aliphatic rings. The van der Waals surface area contributed by atoms with Gasteiger partial charge in [0, 0.05) is 5.02 Å². The van der Waals surface area contributed by atoms with Crippen molar-refractivity contribution in [2.24, 2.45) is 0 Å². The molecule has 2 heterocycles. The molecule has 10 heteroatoms. The lowest BCUT2D eigenvalue weighted by atomic mass is 10.1. The van der Waals surface area contributed by atoms with E-state index in [1.54, 1.807) is 43.3 Å². The second kappa shape index (κ2) is 8.68. The molecule has 4 rings (SSSR count). The molecule has 166 valence electrons. The van der Waals surface area contributed by atoms with Crippen LogP contribution < -0.4 is 9.47 Å². The average molecular weight is 475 g/mol. The number of sulfone groups is 1. The highest BCUT2D eigenvalue weighted by molar-refractivity contribution is 7.90. The van der Waals surface area contributed by atoms with E-state index in [9.17, 15) is 8.42 Å². The molecule has 8 nitrogen and oxygen atoms in total. The molecule has 0 aliphatic carbocycles. The highest BCUT2D eigenvalue weighted by atomic mass is 35.5. The Hall–Kier alpha value is -3.30. The van der Waals surface area contributed by atoms with Crippen molar-refractivity contribution in [3.05, 3.63) is 64.9 Å². The molecule has 0 radical (unpaired) electrons. The fourth-order valence-electron chi connectivity index (χ4n) is 3.10. The average Bonchev–Trinajstić information content (AvgIpc) is 3.44. The van der Waals surface area contributed by atoms with Gasteiger partial charge in [0.15, 0.2) is 27.1 Å². The SMILES string of the molecule is COc1cccc(-c2noc(-c3ccc(CS(=O)(=O)c4ccc(C)c(Cl)c4)o3)n2)c1OC. The molecule has 0 atom stereocenters. The molecule has 0 bridgehead atoms. The summed E-state index contributed by atoms with van der Waals surface area (Å²) in [5.74, 6) is 1.51. The number of hydrogen-bond acceptors (Lipinski definition) is 8. The van der Waals surface area contributed by atoms with E-state index >= 15 is 0 Å². The van der Waals surface area contributed by atoms with Crippen molar-refractivity contribution >= 4 is 21.4 Å². The van der Waals surface area contributed by atoms with Gasteiger partial charge in [0.25, 0.3) is 5.89 Å². The Morgan fingerprint density at radius 2 is 1.88 bits per heavy atom. The van der Waals surface area contributed by atoms with Crippen molar-refractivity contribution < 1.29 is 26.8 Å². The minimum absolute atomic E-state index is 0.104. The first-order valence-electron chi connectivity index (χ1n) is 9.45. The number of benzene rings is 2. The lowest BCUT2D eigenvalue weighted by Gasteiger charge is -2.09. The monoisotopic (exact) mass is 474 g/mol. The van der Waals surface area contributed by atoms with Gasteiger partial charge in [0.1, 0.15) is 11.5 Å². The maximum absolute atomic E-state index is 12.7. The van der Waals surface area contributed by atoms with Gasteiger partial charge >= 0.3 is 0 Å². The predicted molar refractivity (Wildman–Crippen MR) is 118 cm³/mol.